The average molecular weight is 277 g/mol. The number of amides is 3. The Bertz CT molecular complexity index is 458. The molecule has 1 aliphatic carbocycles. The molecule has 0 heterocycles. The molecule has 0 radical (unpaired) electrons. The van der Waals surface area contributed by atoms with Gasteiger partial charge >= 0.3 is 6.03 Å². The number of nitrogens with two attached hydrogens (primary N) is 1. The lowest BCUT2D eigenvalue weighted by atomic mass is 10.1. The topological polar surface area (TPSA) is 93.5 Å². The number of hydrogen-bond acceptors (Lipinski definition) is 3. The summed E-state index contributed by atoms with van der Waals surface area (Å²) in [5.74, 6) is -0.429. The van der Waals surface area contributed by atoms with Gasteiger partial charge in [-0.3, -0.25) is 9.63 Å². The molecule has 1 atom stereocenters. The number of urea groups is 1. The molecule has 1 aliphatic rings. The molecular weight excluding hydrogens is 258 g/mol. The molecule has 1 aromatic rings. The molecule has 2 rings (SSSR count). The minimum atomic E-state index is -0.852. The van der Waals surface area contributed by atoms with E-state index in [4.69, 9.17) is 10.6 Å². The predicted octanol–water partition coefficient (Wildman–Crippen LogP) is 1.39. The van der Waals surface area contributed by atoms with Crippen molar-refractivity contribution in [1.29, 1.82) is 0 Å². The van der Waals surface area contributed by atoms with Crippen molar-refractivity contribution in [2.24, 2.45) is 5.73 Å². The lowest BCUT2D eigenvalue weighted by Crippen LogP contribution is -2.43. The predicted molar refractivity (Wildman–Crippen MR) is 73.4 cm³/mol. The largest absolute Gasteiger partial charge is 0.352 e. The van der Waals surface area contributed by atoms with Crippen molar-refractivity contribution in [3.8, 4) is 0 Å². The summed E-state index contributed by atoms with van der Waals surface area (Å²) in [5.41, 5.74) is 8.19. The number of hydroxylamine groups is 1. The number of benzene rings is 1. The number of rotatable bonds is 5. The molecule has 3 amide bonds. The maximum atomic E-state index is 12.1. The number of nitrogens with one attached hydrogen (secondary N) is 2. The van der Waals surface area contributed by atoms with Crippen LogP contribution in [0.15, 0.2) is 30.3 Å². The molecular formula is C14H19N3O3. The maximum absolute atomic E-state index is 12.1. The number of carbonyl (C=O) groups is 2. The Balaban J connectivity index is 1.98. The van der Waals surface area contributed by atoms with E-state index in [2.05, 4.69) is 10.8 Å². The van der Waals surface area contributed by atoms with Gasteiger partial charge in [0.25, 0.3) is 5.91 Å². The third-order valence-electron chi connectivity index (χ3n) is 3.31. The summed E-state index contributed by atoms with van der Waals surface area (Å²) in [6, 6.07) is 7.29. The summed E-state index contributed by atoms with van der Waals surface area (Å²) in [4.78, 5) is 28.5. The zero-order valence-corrected chi connectivity index (χ0v) is 11.2. The van der Waals surface area contributed by atoms with Crippen molar-refractivity contribution < 1.29 is 14.4 Å². The van der Waals surface area contributed by atoms with Gasteiger partial charge in [0.15, 0.2) is 0 Å². The van der Waals surface area contributed by atoms with Crippen LogP contribution in [0.25, 0.3) is 0 Å². The van der Waals surface area contributed by atoms with Gasteiger partial charge in [0, 0.05) is 0 Å². The molecule has 1 unspecified atom stereocenters. The van der Waals surface area contributed by atoms with E-state index < -0.39 is 18.0 Å². The maximum Gasteiger partial charge on any atom is 0.313 e. The monoisotopic (exact) mass is 277 g/mol. The van der Waals surface area contributed by atoms with E-state index in [1.54, 1.807) is 24.3 Å². The normalized spacial score (nSPS) is 16.6. The molecule has 1 saturated carbocycles. The van der Waals surface area contributed by atoms with Crippen LogP contribution in [0.5, 0.6) is 0 Å². The van der Waals surface area contributed by atoms with Gasteiger partial charge < -0.3 is 11.1 Å². The highest BCUT2D eigenvalue weighted by atomic mass is 16.7. The van der Waals surface area contributed by atoms with Crippen LogP contribution in [0, 0.1) is 0 Å². The molecule has 1 fully saturated rings. The van der Waals surface area contributed by atoms with Gasteiger partial charge in [0.05, 0.1) is 6.10 Å². The fourth-order valence-corrected chi connectivity index (χ4v) is 2.29. The van der Waals surface area contributed by atoms with Crippen LogP contribution in [0.3, 0.4) is 0 Å². The Labute approximate surface area is 117 Å². The Morgan fingerprint density at radius 1 is 1.20 bits per heavy atom. The molecule has 20 heavy (non-hydrogen) atoms. The van der Waals surface area contributed by atoms with Gasteiger partial charge in [-0.1, -0.05) is 43.2 Å². The Hall–Kier alpha value is -2.08. The van der Waals surface area contributed by atoms with Crippen molar-refractivity contribution in [3.05, 3.63) is 35.9 Å². The Kier molecular flexibility index (Phi) is 4.95. The van der Waals surface area contributed by atoms with Crippen LogP contribution in [0.4, 0.5) is 4.79 Å². The van der Waals surface area contributed by atoms with Crippen molar-refractivity contribution in [1.82, 2.24) is 10.8 Å². The van der Waals surface area contributed by atoms with Crippen LogP contribution >= 0.6 is 0 Å². The molecule has 0 saturated heterocycles. The smallest absolute Gasteiger partial charge is 0.313 e. The minimum Gasteiger partial charge on any atom is -0.352 e. The van der Waals surface area contributed by atoms with Crippen molar-refractivity contribution in [2.45, 2.75) is 37.8 Å². The van der Waals surface area contributed by atoms with Crippen molar-refractivity contribution >= 4 is 11.9 Å². The molecule has 4 N–H and O–H groups in total. The first-order valence-corrected chi connectivity index (χ1v) is 6.73. The fraction of sp³-hybridized carbons (Fsp3) is 0.429. The molecule has 0 aromatic heterocycles. The van der Waals surface area contributed by atoms with E-state index in [0.29, 0.717) is 5.56 Å². The van der Waals surface area contributed by atoms with Gasteiger partial charge in [-0.05, 0) is 18.4 Å². The van der Waals surface area contributed by atoms with E-state index in [1.807, 2.05) is 6.07 Å². The van der Waals surface area contributed by atoms with E-state index in [-0.39, 0.29) is 6.10 Å². The summed E-state index contributed by atoms with van der Waals surface area (Å²) < 4.78 is 0. The highest BCUT2D eigenvalue weighted by Gasteiger charge is 2.24. The van der Waals surface area contributed by atoms with Gasteiger partial charge in [-0.25, -0.2) is 10.3 Å². The quantitative estimate of drug-likeness (QED) is 0.710. The third-order valence-corrected chi connectivity index (χ3v) is 3.31. The van der Waals surface area contributed by atoms with Crippen LogP contribution in [-0.2, 0) is 9.63 Å². The number of carbonyl (C=O) groups excluding carboxylic acids is 2. The molecule has 0 bridgehead atoms. The second-order valence-electron chi connectivity index (χ2n) is 4.84. The first-order valence-electron chi connectivity index (χ1n) is 6.73. The van der Waals surface area contributed by atoms with Gasteiger partial charge in [0.2, 0.25) is 0 Å². The lowest BCUT2D eigenvalue weighted by molar-refractivity contribution is -0.140. The standard InChI is InChI=1S/C14H19N3O3/c15-14(19)16-12(10-6-2-1-3-7-10)13(18)17-20-11-8-4-5-9-11/h1-3,6-7,11-12H,4-5,8-9H2,(H,17,18)(H3,15,16,19). The Morgan fingerprint density at radius 2 is 1.85 bits per heavy atom. The van der Waals surface area contributed by atoms with Gasteiger partial charge in [0.1, 0.15) is 6.04 Å². The highest BCUT2D eigenvalue weighted by molar-refractivity contribution is 5.87. The minimum absolute atomic E-state index is 0.0592. The summed E-state index contributed by atoms with van der Waals surface area (Å²) in [5, 5.41) is 2.42. The van der Waals surface area contributed by atoms with Gasteiger partial charge in [-0.15, -0.1) is 0 Å². The van der Waals surface area contributed by atoms with E-state index in [9.17, 15) is 9.59 Å². The first kappa shape index (κ1) is 14.3. The van der Waals surface area contributed by atoms with Crippen molar-refractivity contribution in [2.75, 3.05) is 0 Å². The number of hydrogen-bond donors (Lipinski definition) is 3. The molecule has 0 aliphatic heterocycles. The average Bonchev–Trinajstić information content (AvgIpc) is 2.96. The van der Waals surface area contributed by atoms with Crippen molar-refractivity contribution in [3.63, 3.8) is 0 Å². The molecule has 6 nitrogen and oxygen atoms in total. The van der Waals surface area contributed by atoms with E-state index in [0.717, 1.165) is 25.7 Å². The first-order chi connectivity index (χ1) is 9.66. The SMILES string of the molecule is NC(=O)NC(C(=O)NOC1CCCC1)c1ccccc1. The lowest BCUT2D eigenvalue weighted by Gasteiger charge is -2.19. The van der Waals surface area contributed by atoms with Crippen LogP contribution < -0.4 is 16.5 Å². The van der Waals surface area contributed by atoms with Crippen LogP contribution in [-0.4, -0.2) is 18.0 Å². The zero-order valence-electron chi connectivity index (χ0n) is 11.2. The molecule has 6 heteroatoms. The van der Waals surface area contributed by atoms with E-state index in [1.165, 1.54) is 0 Å². The molecule has 1 aromatic carbocycles. The summed E-state index contributed by atoms with van der Waals surface area (Å²) in [6.07, 6.45) is 4.17. The summed E-state index contributed by atoms with van der Waals surface area (Å²) in [7, 11) is 0. The Morgan fingerprint density at radius 3 is 2.45 bits per heavy atom. The number of primary amides is 1. The summed E-state index contributed by atoms with van der Waals surface area (Å²) >= 11 is 0. The van der Waals surface area contributed by atoms with Crippen LogP contribution in [0.2, 0.25) is 0 Å². The second-order valence-corrected chi connectivity index (χ2v) is 4.84. The second kappa shape index (κ2) is 6.91. The molecule has 108 valence electrons. The van der Waals surface area contributed by atoms with Crippen LogP contribution in [0.1, 0.15) is 37.3 Å². The van der Waals surface area contributed by atoms with E-state index >= 15 is 0 Å². The van der Waals surface area contributed by atoms with Gasteiger partial charge in [-0.2, -0.15) is 0 Å². The fourth-order valence-electron chi connectivity index (χ4n) is 2.29. The summed E-state index contributed by atoms with van der Waals surface area (Å²) in [6.45, 7) is 0. The molecule has 0 spiro atoms. The highest BCUT2D eigenvalue weighted by Crippen LogP contribution is 2.20. The zero-order chi connectivity index (χ0) is 14.4. The third kappa shape index (κ3) is 3.96.